The molecule has 9 heteroatoms. The number of aliphatic carboxylic acids is 1. The van der Waals surface area contributed by atoms with E-state index in [1.165, 1.54) is 32.8 Å². The molecule has 8 nitrogen and oxygen atoms in total. The predicted octanol–water partition coefficient (Wildman–Crippen LogP) is 5.22. The molecule has 1 aromatic heterocycles. The number of carbonyl (C=O) groups is 2. The number of aromatic nitrogens is 2. The molecule has 2 aliphatic rings. The van der Waals surface area contributed by atoms with Gasteiger partial charge >= 0.3 is 12.1 Å². The zero-order chi connectivity index (χ0) is 26.1. The van der Waals surface area contributed by atoms with Crippen LogP contribution in [0.15, 0.2) is 30.3 Å². The molecule has 1 N–H and O–H groups in total. The molecule has 0 unspecified atom stereocenters. The molecule has 1 fully saturated rings. The Kier molecular flexibility index (Phi) is 7.04. The number of ether oxygens (including phenoxy) is 2. The smallest absolute Gasteiger partial charge is 0.409 e. The van der Waals surface area contributed by atoms with Crippen LogP contribution in [0.25, 0.3) is 11.0 Å². The zero-order valence-corrected chi connectivity index (χ0v) is 21.2. The van der Waals surface area contributed by atoms with E-state index in [0.717, 1.165) is 53.7 Å². The van der Waals surface area contributed by atoms with E-state index < -0.39 is 17.7 Å². The van der Waals surface area contributed by atoms with Gasteiger partial charge < -0.3 is 24.0 Å². The number of imidazole rings is 1. The zero-order valence-electron chi connectivity index (χ0n) is 21.2. The summed E-state index contributed by atoms with van der Waals surface area (Å²) in [5, 5.41) is 10.2. The number of methoxy groups -OCH3 is 2. The minimum atomic E-state index is -1.04. The molecule has 0 saturated heterocycles. The van der Waals surface area contributed by atoms with Crippen molar-refractivity contribution in [3.8, 4) is 5.75 Å². The Labute approximate surface area is 215 Å². The van der Waals surface area contributed by atoms with Gasteiger partial charge in [-0.05, 0) is 48.6 Å². The third-order valence-electron chi connectivity index (χ3n) is 7.75. The third-order valence-corrected chi connectivity index (χ3v) is 7.75. The largest absolute Gasteiger partial charge is 0.497 e. The molecule has 5 rings (SSSR count). The molecule has 37 heavy (non-hydrogen) atoms. The van der Waals surface area contributed by atoms with Gasteiger partial charge in [0.05, 0.1) is 37.7 Å². The molecule has 0 bridgehead atoms. The van der Waals surface area contributed by atoms with Crippen molar-refractivity contribution in [2.75, 3.05) is 20.8 Å². The summed E-state index contributed by atoms with van der Waals surface area (Å²) in [6.45, 7) is 1.08. The molecular weight excluding hydrogens is 477 g/mol. The van der Waals surface area contributed by atoms with Crippen molar-refractivity contribution in [3.05, 3.63) is 58.7 Å². The molecule has 1 aliphatic heterocycles. The maximum atomic E-state index is 14.3. The predicted molar refractivity (Wildman–Crippen MR) is 135 cm³/mol. The number of rotatable bonds is 6. The van der Waals surface area contributed by atoms with Gasteiger partial charge in [-0.1, -0.05) is 25.3 Å². The molecule has 2 aromatic carbocycles. The van der Waals surface area contributed by atoms with Gasteiger partial charge in [0.1, 0.15) is 17.4 Å². The van der Waals surface area contributed by atoms with E-state index >= 15 is 0 Å². The first-order valence-electron chi connectivity index (χ1n) is 12.8. The fourth-order valence-electron chi connectivity index (χ4n) is 5.80. The lowest BCUT2D eigenvalue weighted by atomic mass is 9.88. The summed E-state index contributed by atoms with van der Waals surface area (Å²) in [4.78, 5) is 31.5. The Balaban J connectivity index is 1.62. The van der Waals surface area contributed by atoms with Crippen LogP contribution >= 0.6 is 0 Å². The number of carboxylic acids is 1. The molecule has 1 amide bonds. The summed E-state index contributed by atoms with van der Waals surface area (Å²) in [6.07, 6.45) is 5.70. The van der Waals surface area contributed by atoms with E-state index in [1.54, 1.807) is 11.0 Å². The highest BCUT2D eigenvalue weighted by molar-refractivity contribution is 5.83. The van der Waals surface area contributed by atoms with Crippen LogP contribution in [0.1, 0.15) is 66.5 Å². The molecule has 196 valence electrons. The van der Waals surface area contributed by atoms with Crippen LogP contribution in [0.4, 0.5) is 9.18 Å². The first-order chi connectivity index (χ1) is 17.9. The fraction of sp³-hybridized carbons (Fsp3) is 0.464. The Bertz CT molecular complexity index is 1330. The molecule has 0 radical (unpaired) electrons. The van der Waals surface area contributed by atoms with Crippen LogP contribution in [0.5, 0.6) is 5.75 Å². The number of nitrogens with zero attached hydrogens (tertiary/aromatic N) is 3. The lowest BCUT2D eigenvalue weighted by molar-refractivity contribution is -0.139. The average molecular weight is 510 g/mol. The van der Waals surface area contributed by atoms with Crippen molar-refractivity contribution in [2.45, 2.75) is 63.5 Å². The summed E-state index contributed by atoms with van der Waals surface area (Å²) >= 11 is 0. The second-order valence-corrected chi connectivity index (χ2v) is 9.94. The molecule has 1 saturated carbocycles. The fourth-order valence-corrected chi connectivity index (χ4v) is 5.80. The minimum absolute atomic E-state index is 0.115. The van der Waals surface area contributed by atoms with Crippen molar-refractivity contribution in [1.82, 2.24) is 14.5 Å². The topological polar surface area (TPSA) is 93.9 Å². The molecule has 3 aromatic rings. The van der Waals surface area contributed by atoms with E-state index in [1.807, 2.05) is 10.6 Å². The third kappa shape index (κ3) is 4.86. The van der Waals surface area contributed by atoms with Crippen LogP contribution in [0, 0.1) is 5.82 Å². The quantitative estimate of drug-likeness (QED) is 0.489. The van der Waals surface area contributed by atoms with E-state index in [0.29, 0.717) is 25.1 Å². The van der Waals surface area contributed by atoms with Gasteiger partial charge in [-0.25, -0.2) is 14.2 Å². The highest BCUT2D eigenvalue weighted by atomic mass is 19.1. The van der Waals surface area contributed by atoms with E-state index in [4.69, 9.17) is 14.5 Å². The average Bonchev–Trinajstić information content (AvgIpc) is 3.29. The summed E-state index contributed by atoms with van der Waals surface area (Å²) in [5.74, 6) is -1.21. The summed E-state index contributed by atoms with van der Waals surface area (Å²) in [5.41, 5.74) is 4.09. The molecular formula is C28H32FN3O5. The first kappa shape index (κ1) is 25.0. The maximum absolute atomic E-state index is 14.3. The number of fused-ring (bicyclic) bond motifs is 3. The second kappa shape index (κ2) is 10.4. The number of carboxylic acid groups (broad SMARTS) is 1. The van der Waals surface area contributed by atoms with Gasteiger partial charge in [-0.15, -0.1) is 0 Å². The summed E-state index contributed by atoms with van der Waals surface area (Å²) in [6, 6.07) is 8.14. The number of hydrogen-bond acceptors (Lipinski definition) is 5. The van der Waals surface area contributed by atoms with Gasteiger partial charge in [-0.3, -0.25) is 4.79 Å². The first-order valence-corrected chi connectivity index (χ1v) is 12.8. The summed E-state index contributed by atoms with van der Waals surface area (Å²) in [7, 11) is 2.81. The Morgan fingerprint density at radius 3 is 2.65 bits per heavy atom. The van der Waals surface area contributed by atoms with E-state index in [2.05, 4.69) is 6.07 Å². The standard InChI is InChI=1S/C28H32FN3O5/c1-36-21-13-19(12-20(29)14-21)23(27(33)34)16-32-24-9-8-17-10-11-31(28(35)37-2)15-22(17)25(24)30-26(32)18-6-4-3-5-7-18/h8-9,12-14,18,23H,3-7,10-11,15-16H2,1-2H3,(H,33,34)/t23-/m0/s1. The van der Waals surface area contributed by atoms with Crippen LogP contribution in [0.2, 0.25) is 0 Å². The Hall–Kier alpha value is -3.62. The van der Waals surface area contributed by atoms with Gasteiger partial charge in [0, 0.05) is 30.6 Å². The van der Waals surface area contributed by atoms with Gasteiger partial charge in [0.25, 0.3) is 0 Å². The lowest BCUT2D eigenvalue weighted by Crippen LogP contribution is -2.35. The van der Waals surface area contributed by atoms with Crippen molar-refractivity contribution >= 4 is 23.1 Å². The Morgan fingerprint density at radius 1 is 1.16 bits per heavy atom. The molecule has 1 aliphatic carbocycles. The van der Waals surface area contributed by atoms with Crippen LogP contribution in [0.3, 0.4) is 0 Å². The van der Waals surface area contributed by atoms with Gasteiger partial charge in [0.15, 0.2) is 0 Å². The van der Waals surface area contributed by atoms with Crippen LogP contribution < -0.4 is 4.74 Å². The number of benzene rings is 2. The van der Waals surface area contributed by atoms with E-state index in [9.17, 15) is 19.1 Å². The van der Waals surface area contributed by atoms with Gasteiger partial charge in [0.2, 0.25) is 0 Å². The highest BCUT2D eigenvalue weighted by Gasteiger charge is 2.30. The lowest BCUT2D eigenvalue weighted by Gasteiger charge is -2.27. The normalized spacial score (nSPS) is 16.9. The number of carbonyl (C=O) groups excluding carboxylic acids is 1. The van der Waals surface area contributed by atoms with Gasteiger partial charge in [-0.2, -0.15) is 0 Å². The van der Waals surface area contributed by atoms with Crippen molar-refractivity contribution in [2.24, 2.45) is 0 Å². The van der Waals surface area contributed by atoms with Crippen LogP contribution in [-0.4, -0.2) is 52.4 Å². The van der Waals surface area contributed by atoms with Crippen molar-refractivity contribution in [1.29, 1.82) is 0 Å². The summed E-state index contributed by atoms with van der Waals surface area (Å²) < 4.78 is 26.5. The van der Waals surface area contributed by atoms with Crippen molar-refractivity contribution in [3.63, 3.8) is 0 Å². The minimum Gasteiger partial charge on any atom is -0.497 e. The van der Waals surface area contributed by atoms with Crippen LogP contribution in [-0.2, 0) is 29.0 Å². The SMILES string of the molecule is COC(=O)N1CCc2ccc3c(nc(C4CCCCC4)n3C[C@H](C(=O)O)c3cc(F)cc(OC)c3)c2C1. The number of hydrogen-bond donors (Lipinski definition) is 1. The highest BCUT2D eigenvalue weighted by Crippen LogP contribution is 2.37. The van der Waals surface area contributed by atoms with E-state index in [-0.39, 0.29) is 24.3 Å². The number of halogens is 1. The monoisotopic (exact) mass is 509 g/mol. The van der Waals surface area contributed by atoms with Crippen molar-refractivity contribution < 1.29 is 28.6 Å². The Morgan fingerprint density at radius 2 is 1.95 bits per heavy atom. The molecule has 0 spiro atoms. The molecule has 2 heterocycles. The number of amides is 1. The maximum Gasteiger partial charge on any atom is 0.409 e. The second-order valence-electron chi connectivity index (χ2n) is 9.94. The molecule has 1 atom stereocenters.